The van der Waals surface area contributed by atoms with E-state index < -0.39 is 0 Å². The molecule has 0 amide bonds. The molecule has 3 aromatic rings. The minimum atomic E-state index is -0.137. The second kappa shape index (κ2) is 6.47. The van der Waals surface area contributed by atoms with E-state index in [0.717, 1.165) is 5.56 Å². The van der Waals surface area contributed by atoms with E-state index in [-0.39, 0.29) is 12.1 Å². The summed E-state index contributed by atoms with van der Waals surface area (Å²) in [6.45, 7) is 5.63. The van der Waals surface area contributed by atoms with Crippen molar-refractivity contribution in [3.8, 4) is 11.5 Å². The number of nitrogens with one attached hydrogen (secondary N) is 1. The predicted octanol–water partition coefficient (Wildman–Crippen LogP) is 3.49. The zero-order chi connectivity index (χ0) is 16.4. The zero-order valence-corrected chi connectivity index (χ0v) is 13.7. The summed E-state index contributed by atoms with van der Waals surface area (Å²) in [7, 11) is 0. The molecule has 0 saturated heterocycles. The van der Waals surface area contributed by atoms with Crippen molar-refractivity contribution in [3.63, 3.8) is 0 Å². The van der Waals surface area contributed by atoms with Crippen LogP contribution in [0.2, 0.25) is 5.02 Å². The van der Waals surface area contributed by atoms with Gasteiger partial charge in [0.05, 0.1) is 12.1 Å². The van der Waals surface area contributed by atoms with Gasteiger partial charge in [0.2, 0.25) is 11.8 Å². The first-order chi connectivity index (χ1) is 11.0. The number of hydrogen-bond donors (Lipinski definition) is 1. The molecule has 0 aliphatic carbocycles. The van der Waals surface area contributed by atoms with E-state index in [9.17, 15) is 0 Å². The monoisotopic (exact) mass is 333 g/mol. The quantitative estimate of drug-likeness (QED) is 0.764. The average molecular weight is 334 g/mol. The molecule has 0 aliphatic rings. The van der Waals surface area contributed by atoms with Crippen LogP contribution in [0.5, 0.6) is 0 Å². The van der Waals surface area contributed by atoms with E-state index in [1.54, 1.807) is 19.1 Å². The minimum Gasteiger partial charge on any atom is -0.424 e. The summed E-state index contributed by atoms with van der Waals surface area (Å²) in [4.78, 5) is 4.41. The molecule has 120 valence electrons. The lowest BCUT2D eigenvalue weighted by molar-refractivity contribution is 0.362. The standard InChI is InChI=1S/C15H16ClN5O2/c1-8(17-9(2)14-20-19-10(3)22-14)13-18-15(23-21-13)11-4-6-12(16)7-5-11/h4-9,17H,1-3H3/t8-,9+/m0/s1. The Morgan fingerprint density at radius 2 is 1.83 bits per heavy atom. The third-order valence-electron chi connectivity index (χ3n) is 3.33. The minimum absolute atomic E-state index is 0.122. The molecular formula is C15H16ClN5O2. The Morgan fingerprint density at radius 1 is 1.09 bits per heavy atom. The molecule has 0 fully saturated rings. The first-order valence-electron chi connectivity index (χ1n) is 7.18. The van der Waals surface area contributed by atoms with E-state index in [1.165, 1.54) is 0 Å². The molecule has 1 N–H and O–H groups in total. The number of rotatable bonds is 5. The molecule has 2 atom stereocenters. The molecule has 1 aromatic carbocycles. The molecule has 0 saturated carbocycles. The Labute approximate surface area is 138 Å². The first kappa shape index (κ1) is 15.6. The van der Waals surface area contributed by atoms with Crippen molar-refractivity contribution in [3.05, 3.63) is 46.9 Å². The van der Waals surface area contributed by atoms with Gasteiger partial charge in [0.15, 0.2) is 5.82 Å². The largest absolute Gasteiger partial charge is 0.424 e. The first-order valence-corrected chi connectivity index (χ1v) is 7.56. The summed E-state index contributed by atoms with van der Waals surface area (Å²) in [5.74, 6) is 2.06. The van der Waals surface area contributed by atoms with Crippen molar-refractivity contribution in [2.45, 2.75) is 32.9 Å². The van der Waals surface area contributed by atoms with Crippen LogP contribution in [0.15, 0.2) is 33.2 Å². The van der Waals surface area contributed by atoms with Gasteiger partial charge in [-0.15, -0.1) is 10.2 Å². The van der Waals surface area contributed by atoms with Gasteiger partial charge < -0.3 is 8.94 Å². The van der Waals surface area contributed by atoms with Gasteiger partial charge in [0.1, 0.15) is 0 Å². The van der Waals surface area contributed by atoms with Crippen molar-refractivity contribution < 1.29 is 8.94 Å². The van der Waals surface area contributed by atoms with Crippen LogP contribution in [-0.4, -0.2) is 20.3 Å². The fourth-order valence-electron chi connectivity index (χ4n) is 2.13. The van der Waals surface area contributed by atoms with Crippen molar-refractivity contribution in [2.24, 2.45) is 0 Å². The van der Waals surface area contributed by atoms with Crippen LogP contribution < -0.4 is 5.32 Å². The van der Waals surface area contributed by atoms with E-state index in [1.807, 2.05) is 26.0 Å². The maximum atomic E-state index is 5.88. The fourth-order valence-corrected chi connectivity index (χ4v) is 2.25. The number of hydrogen-bond acceptors (Lipinski definition) is 7. The topological polar surface area (TPSA) is 89.9 Å². The zero-order valence-electron chi connectivity index (χ0n) is 12.9. The van der Waals surface area contributed by atoms with Crippen LogP contribution in [-0.2, 0) is 0 Å². The molecule has 0 aliphatic heterocycles. The Hall–Kier alpha value is -2.25. The molecule has 0 bridgehead atoms. The van der Waals surface area contributed by atoms with Crippen molar-refractivity contribution >= 4 is 11.6 Å². The van der Waals surface area contributed by atoms with Crippen molar-refractivity contribution in [2.75, 3.05) is 0 Å². The highest BCUT2D eigenvalue weighted by Gasteiger charge is 2.20. The van der Waals surface area contributed by atoms with Crippen molar-refractivity contribution in [1.82, 2.24) is 25.7 Å². The number of aryl methyl sites for hydroxylation is 1. The van der Waals surface area contributed by atoms with Gasteiger partial charge >= 0.3 is 0 Å². The number of aromatic nitrogens is 4. The van der Waals surface area contributed by atoms with E-state index in [0.29, 0.717) is 28.5 Å². The van der Waals surface area contributed by atoms with Crippen LogP contribution in [0.1, 0.15) is 43.5 Å². The predicted molar refractivity (Wildman–Crippen MR) is 83.7 cm³/mol. The average Bonchev–Trinajstić information content (AvgIpc) is 3.17. The SMILES string of the molecule is Cc1nnc([C@@H](C)N[C@@H](C)c2noc(-c3ccc(Cl)cc3)n2)o1. The summed E-state index contributed by atoms with van der Waals surface area (Å²) >= 11 is 5.88. The summed E-state index contributed by atoms with van der Waals surface area (Å²) in [6, 6.07) is 6.97. The molecule has 0 unspecified atom stereocenters. The smallest absolute Gasteiger partial charge is 0.257 e. The van der Waals surface area contributed by atoms with Gasteiger partial charge in [0.25, 0.3) is 5.89 Å². The van der Waals surface area contributed by atoms with Crippen LogP contribution >= 0.6 is 11.6 Å². The van der Waals surface area contributed by atoms with E-state index >= 15 is 0 Å². The second-order valence-electron chi connectivity index (χ2n) is 5.23. The molecular weight excluding hydrogens is 318 g/mol. The van der Waals surface area contributed by atoms with Gasteiger partial charge in [-0.2, -0.15) is 4.98 Å². The third kappa shape index (κ3) is 3.57. The molecule has 0 spiro atoms. The Bertz CT molecular complexity index is 783. The Morgan fingerprint density at radius 3 is 2.48 bits per heavy atom. The molecule has 7 nitrogen and oxygen atoms in total. The molecule has 23 heavy (non-hydrogen) atoms. The lowest BCUT2D eigenvalue weighted by Gasteiger charge is -2.13. The maximum Gasteiger partial charge on any atom is 0.257 e. The number of benzene rings is 1. The lowest BCUT2D eigenvalue weighted by Crippen LogP contribution is -2.23. The molecule has 8 heteroatoms. The molecule has 2 heterocycles. The van der Waals surface area contributed by atoms with Gasteiger partial charge in [-0.3, -0.25) is 5.32 Å². The normalized spacial score (nSPS) is 13.9. The summed E-state index contributed by atoms with van der Waals surface area (Å²) in [5.41, 5.74) is 0.820. The van der Waals surface area contributed by atoms with Crippen LogP contribution in [0.4, 0.5) is 0 Å². The van der Waals surface area contributed by atoms with Gasteiger partial charge in [-0.25, -0.2) is 0 Å². The molecule has 3 rings (SSSR count). The van der Waals surface area contributed by atoms with Crippen molar-refractivity contribution in [1.29, 1.82) is 0 Å². The highest BCUT2D eigenvalue weighted by Crippen LogP contribution is 2.22. The highest BCUT2D eigenvalue weighted by molar-refractivity contribution is 6.30. The third-order valence-corrected chi connectivity index (χ3v) is 3.58. The Kier molecular flexibility index (Phi) is 4.40. The fraction of sp³-hybridized carbons (Fsp3) is 0.333. The van der Waals surface area contributed by atoms with Crippen LogP contribution in [0.25, 0.3) is 11.5 Å². The number of halogens is 1. The van der Waals surface area contributed by atoms with E-state index in [4.69, 9.17) is 20.5 Å². The van der Waals surface area contributed by atoms with Crippen LogP contribution in [0, 0.1) is 6.92 Å². The van der Waals surface area contributed by atoms with Gasteiger partial charge in [-0.05, 0) is 38.1 Å². The van der Waals surface area contributed by atoms with Gasteiger partial charge in [-0.1, -0.05) is 16.8 Å². The lowest BCUT2D eigenvalue weighted by atomic mass is 10.2. The summed E-state index contributed by atoms with van der Waals surface area (Å²) in [6.07, 6.45) is 0. The Balaban J connectivity index is 1.70. The summed E-state index contributed by atoms with van der Waals surface area (Å²) in [5, 5.41) is 15.8. The maximum absolute atomic E-state index is 5.88. The molecule has 2 aromatic heterocycles. The van der Waals surface area contributed by atoms with E-state index in [2.05, 4.69) is 25.7 Å². The summed E-state index contributed by atoms with van der Waals surface area (Å²) < 4.78 is 10.7. The van der Waals surface area contributed by atoms with Gasteiger partial charge in [0, 0.05) is 17.5 Å². The second-order valence-corrected chi connectivity index (χ2v) is 5.67. The molecule has 0 radical (unpaired) electrons. The highest BCUT2D eigenvalue weighted by atomic mass is 35.5. The van der Waals surface area contributed by atoms with Crippen LogP contribution in [0.3, 0.4) is 0 Å². The number of nitrogens with zero attached hydrogens (tertiary/aromatic N) is 4.